The summed E-state index contributed by atoms with van der Waals surface area (Å²) in [5, 5.41) is 0. The third kappa shape index (κ3) is 3.33. The lowest BCUT2D eigenvalue weighted by Crippen LogP contribution is -2.41. The SMILES string of the molecule is Cc1ccc(S(=O)(=O)OC2CCC(=O)N(C)C2)cc1. The van der Waals surface area contributed by atoms with Crippen LogP contribution in [0.5, 0.6) is 0 Å². The van der Waals surface area contributed by atoms with Crippen LogP contribution in [-0.4, -0.2) is 38.9 Å². The molecule has 0 saturated carbocycles. The lowest BCUT2D eigenvalue weighted by atomic mass is 10.1. The molecule has 1 amide bonds. The third-order valence-electron chi connectivity index (χ3n) is 3.16. The molecule has 6 heteroatoms. The zero-order chi connectivity index (χ0) is 14.0. The maximum Gasteiger partial charge on any atom is 0.297 e. The molecule has 0 spiro atoms. The number of aryl methyl sites for hydroxylation is 1. The van der Waals surface area contributed by atoms with Gasteiger partial charge >= 0.3 is 0 Å². The van der Waals surface area contributed by atoms with Gasteiger partial charge in [0, 0.05) is 20.0 Å². The minimum Gasteiger partial charge on any atom is -0.343 e. The number of carbonyl (C=O) groups is 1. The summed E-state index contributed by atoms with van der Waals surface area (Å²) in [7, 11) is -2.11. The second-order valence-corrected chi connectivity index (χ2v) is 6.37. The molecule has 2 rings (SSSR count). The summed E-state index contributed by atoms with van der Waals surface area (Å²) in [6.45, 7) is 2.20. The van der Waals surface area contributed by atoms with E-state index in [1.165, 1.54) is 17.0 Å². The van der Waals surface area contributed by atoms with Crippen LogP contribution in [-0.2, 0) is 19.1 Å². The van der Waals surface area contributed by atoms with Gasteiger partial charge < -0.3 is 4.90 Å². The van der Waals surface area contributed by atoms with Crippen molar-refractivity contribution in [2.24, 2.45) is 0 Å². The van der Waals surface area contributed by atoms with E-state index in [1.54, 1.807) is 19.2 Å². The van der Waals surface area contributed by atoms with Crippen LogP contribution in [0.1, 0.15) is 18.4 Å². The van der Waals surface area contributed by atoms with Crippen LogP contribution >= 0.6 is 0 Å². The third-order valence-corrected chi connectivity index (χ3v) is 4.53. The van der Waals surface area contributed by atoms with E-state index < -0.39 is 16.2 Å². The maximum atomic E-state index is 12.1. The van der Waals surface area contributed by atoms with E-state index in [4.69, 9.17) is 4.18 Å². The average molecular weight is 283 g/mol. The Morgan fingerprint density at radius 2 is 1.89 bits per heavy atom. The molecular formula is C13H17NO4S. The van der Waals surface area contributed by atoms with E-state index in [0.717, 1.165) is 5.56 Å². The molecule has 104 valence electrons. The predicted octanol–water partition coefficient (Wildman–Crippen LogP) is 1.32. The fourth-order valence-corrected chi connectivity index (χ4v) is 3.09. The molecule has 0 aliphatic carbocycles. The lowest BCUT2D eigenvalue weighted by Gasteiger charge is -2.28. The topological polar surface area (TPSA) is 63.7 Å². The quantitative estimate of drug-likeness (QED) is 0.785. The van der Waals surface area contributed by atoms with Gasteiger partial charge in [0.25, 0.3) is 10.1 Å². The van der Waals surface area contributed by atoms with Gasteiger partial charge in [0.2, 0.25) is 5.91 Å². The Bertz CT molecular complexity index is 565. The molecule has 0 N–H and O–H groups in total. The normalized spacial score (nSPS) is 20.6. The first-order valence-corrected chi connectivity index (χ1v) is 7.53. The number of hydrogen-bond acceptors (Lipinski definition) is 4. The zero-order valence-electron chi connectivity index (χ0n) is 11.0. The molecule has 1 aliphatic rings. The minimum absolute atomic E-state index is 0.0209. The monoisotopic (exact) mass is 283 g/mol. The Hall–Kier alpha value is -1.40. The fourth-order valence-electron chi connectivity index (χ4n) is 1.99. The molecule has 1 aliphatic heterocycles. The van der Waals surface area contributed by atoms with Crippen LogP contribution in [0.3, 0.4) is 0 Å². The first-order chi connectivity index (χ1) is 8.88. The zero-order valence-corrected chi connectivity index (χ0v) is 11.8. The molecule has 1 atom stereocenters. The van der Waals surface area contributed by atoms with Crippen molar-refractivity contribution < 1.29 is 17.4 Å². The molecule has 0 radical (unpaired) electrons. The van der Waals surface area contributed by atoms with Crippen LogP contribution in [0.4, 0.5) is 0 Å². The summed E-state index contributed by atoms with van der Waals surface area (Å²) < 4.78 is 29.4. The minimum atomic E-state index is -3.76. The van der Waals surface area contributed by atoms with Gasteiger partial charge in [0.1, 0.15) is 0 Å². The highest BCUT2D eigenvalue weighted by molar-refractivity contribution is 7.86. The van der Waals surface area contributed by atoms with Crippen molar-refractivity contribution in [3.63, 3.8) is 0 Å². The van der Waals surface area contributed by atoms with Crippen molar-refractivity contribution >= 4 is 16.0 Å². The molecule has 1 unspecified atom stereocenters. The summed E-state index contributed by atoms with van der Waals surface area (Å²) in [5.74, 6) is 0.0209. The number of likely N-dealkylation sites (N-methyl/N-ethyl adjacent to an activating group) is 1. The van der Waals surface area contributed by atoms with E-state index in [2.05, 4.69) is 0 Å². The summed E-state index contributed by atoms with van der Waals surface area (Å²) >= 11 is 0. The largest absolute Gasteiger partial charge is 0.343 e. The van der Waals surface area contributed by atoms with Crippen molar-refractivity contribution in [3.8, 4) is 0 Å². The van der Waals surface area contributed by atoms with E-state index in [9.17, 15) is 13.2 Å². The molecule has 1 saturated heterocycles. The number of benzene rings is 1. The van der Waals surface area contributed by atoms with Gasteiger partial charge in [-0.1, -0.05) is 17.7 Å². The number of carbonyl (C=O) groups excluding carboxylic acids is 1. The molecule has 1 aromatic carbocycles. The van der Waals surface area contributed by atoms with Crippen LogP contribution < -0.4 is 0 Å². The van der Waals surface area contributed by atoms with E-state index in [-0.39, 0.29) is 10.8 Å². The Morgan fingerprint density at radius 3 is 2.47 bits per heavy atom. The van der Waals surface area contributed by atoms with E-state index in [0.29, 0.717) is 19.4 Å². The highest BCUT2D eigenvalue weighted by Gasteiger charge is 2.28. The second kappa shape index (κ2) is 5.30. The fraction of sp³-hybridized carbons (Fsp3) is 0.462. The van der Waals surface area contributed by atoms with Crippen molar-refractivity contribution in [2.75, 3.05) is 13.6 Å². The number of likely N-dealkylation sites (tertiary alicyclic amines) is 1. The predicted molar refractivity (Wildman–Crippen MR) is 70.1 cm³/mol. The Labute approximate surface area is 113 Å². The van der Waals surface area contributed by atoms with Gasteiger partial charge in [0.15, 0.2) is 0 Å². The Morgan fingerprint density at radius 1 is 1.26 bits per heavy atom. The standard InChI is InChI=1S/C13H17NO4S/c1-10-3-6-12(7-4-10)19(16,17)18-11-5-8-13(15)14(2)9-11/h3-4,6-7,11H,5,8-9H2,1-2H3. The number of piperidine rings is 1. The number of amides is 1. The van der Waals surface area contributed by atoms with E-state index in [1.807, 2.05) is 6.92 Å². The second-order valence-electron chi connectivity index (χ2n) is 4.80. The molecule has 1 fully saturated rings. The highest BCUT2D eigenvalue weighted by Crippen LogP contribution is 2.20. The van der Waals surface area contributed by atoms with Crippen molar-refractivity contribution in [1.82, 2.24) is 4.90 Å². The average Bonchev–Trinajstić information content (AvgIpc) is 2.34. The summed E-state index contributed by atoms with van der Waals surface area (Å²) in [5.41, 5.74) is 0.988. The highest BCUT2D eigenvalue weighted by atomic mass is 32.2. The molecule has 19 heavy (non-hydrogen) atoms. The van der Waals surface area contributed by atoms with Crippen molar-refractivity contribution in [3.05, 3.63) is 29.8 Å². The Kier molecular flexibility index (Phi) is 3.91. The van der Waals surface area contributed by atoms with Gasteiger partial charge in [-0.3, -0.25) is 8.98 Å². The maximum absolute atomic E-state index is 12.1. The van der Waals surface area contributed by atoms with Gasteiger partial charge in [-0.25, -0.2) is 0 Å². The molecule has 1 heterocycles. The van der Waals surface area contributed by atoms with Gasteiger partial charge in [-0.15, -0.1) is 0 Å². The van der Waals surface area contributed by atoms with Crippen molar-refractivity contribution in [1.29, 1.82) is 0 Å². The first-order valence-electron chi connectivity index (χ1n) is 6.12. The van der Waals surface area contributed by atoms with Gasteiger partial charge in [0.05, 0.1) is 11.0 Å². The summed E-state index contributed by atoms with van der Waals surface area (Å²) in [4.78, 5) is 13.0. The molecule has 0 aromatic heterocycles. The van der Waals surface area contributed by atoms with Crippen LogP contribution in [0.2, 0.25) is 0 Å². The van der Waals surface area contributed by atoms with Gasteiger partial charge in [-0.2, -0.15) is 8.42 Å². The summed E-state index contributed by atoms with van der Waals surface area (Å²) in [6, 6.07) is 6.52. The number of nitrogens with zero attached hydrogens (tertiary/aromatic N) is 1. The van der Waals surface area contributed by atoms with Crippen LogP contribution in [0.15, 0.2) is 29.2 Å². The summed E-state index contributed by atoms with van der Waals surface area (Å²) in [6.07, 6.45) is 0.299. The molecule has 0 bridgehead atoms. The molecule has 5 nitrogen and oxygen atoms in total. The van der Waals surface area contributed by atoms with Crippen LogP contribution in [0.25, 0.3) is 0 Å². The van der Waals surface area contributed by atoms with Crippen LogP contribution in [0, 0.1) is 6.92 Å². The number of hydrogen-bond donors (Lipinski definition) is 0. The van der Waals surface area contributed by atoms with Gasteiger partial charge in [-0.05, 0) is 25.5 Å². The Balaban J connectivity index is 2.09. The van der Waals surface area contributed by atoms with Crippen molar-refractivity contribution in [2.45, 2.75) is 30.8 Å². The lowest BCUT2D eigenvalue weighted by molar-refractivity contribution is -0.134. The first kappa shape index (κ1) is 14.0. The smallest absolute Gasteiger partial charge is 0.297 e. The number of rotatable bonds is 3. The van der Waals surface area contributed by atoms with E-state index >= 15 is 0 Å². The molecular weight excluding hydrogens is 266 g/mol. The molecule has 1 aromatic rings.